The topological polar surface area (TPSA) is 88.5 Å². The molecule has 0 fully saturated rings. The molecule has 0 saturated carbocycles. The number of aliphatic hydroxyl groups excluding tert-OH is 1. The molecular formula is C20H16ClF3N2O4. The zero-order chi connectivity index (χ0) is 21.9. The molecule has 0 saturated heterocycles. The van der Waals surface area contributed by atoms with Crippen molar-refractivity contribution in [2.75, 3.05) is 5.32 Å². The first kappa shape index (κ1) is 21.7. The number of hydrogen-bond acceptors (Lipinski definition) is 5. The molecule has 30 heavy (non-hydrogen) atoms. The van der Waals surface area contributed by atoms with E-state index < -0.39 is 34.5 Å². The van der Waals surface area contributed by atoms with E-state index in [2.05, 4.69) is 5.32 Å². The lowest BCUT2D eigenvalue weighted by atomic mass is 10.00. The molecule has 0 bridgehead atoms. The molecule has 0 radical (unpaired) electrons. The third kappa shape index (κ3) is 5.11. The summed E-state index contributed by atoms with van der Waals surface area (Å²) in [6, 6.07) is 11.7. The average molecular weight is 441 g/mol. The van der Waals surface area contributed by atoms with Crippen molar-refractivity contribution in [3.05, 3.63) is 92.9 Å². The van der Waals surface area contributed by atoms with Gasteiger partial charge in [-0.1, -0.05) is 23.7 Å². The molecule has 0 aliphatic carbocycles. The fraction of sp³-hybridized carbons (Fsp3) is 0.200. The van der Waals surface area contributed by atoms with Gasteiger partial charge in [-0.15, -0.1) is 0 Å². The standard InChI is InChI=1S/C20H16ClF3N2O4/c21-13-5-3-12(4-6-13)18(27)11-16(19-2-1-9-30-19)25-14-7-8-17(26(28)29)15(10-14)20(22,23)24/h1-10,16,18,25,27H,11H2. The quantitative estimate of drug-likeness (QED) is 0.340. The van der Waals surface area contributed by atoms with Crippen LogP contribution in [0.4, 0.5) is 24.5 Å². The van der Waals surface area contributed by atoms with Crippen molar-refractivity contribution in [1.29, 1.82) is 0 Å². The highest BCUT2D eigenvalue weighted by Gasteiger charge is 2.38. The number of nitro groups is 1. The van der Waals surface area contributed by atoms with Crippen molar-refractivity contribution >= 4 is 23.0 Å². The predicted octanol–water partition coefficient (Wildman–Crippen LogP) is 6.14. The maximum Gasteiger partial charge on any atom is 0.423 e. The van der Waals surface area contributed by atoms with Crippen LogP contribution in [0.1, 0.15) is 35.5 Å². The minimum atomic E-state index is -4.90. The first-order valence-corrected chi connectivity index (χ1v) is 9.12. The smallest absolute Gasteiger partial charge is 0.423 e. The van der Waals surface area contributed by atoms with Crippen molar-refractivity contribution < 1.29 is 27.6 Å². The van der Waals surface area contributed by atoms with Gasteiger partial charge in [0.2, 0.25) is 0 Å². The Morgan fingerprint density at radius 3 is 2.43 bits per heavy atom. The summed E-state index contributed by atoms with van der Waals surface area (Å²) in [6.07, 6.45) is -4.41. The molecular weight excluding hydrogens is 425 g/mol. The molecule has 10 heteroatoms. The van der Waals surface area contributed by atoms with Gasteiger partial charge in [-0.3, -0.25) is 10.1 Å². The number of nitro benzene ring substituents is 1. The second kappa shape index (κ2) is 8.76. The van der Waals surface area contributed by atoms with E-state index in [1.54, 1.807) is 36.4 Å². The van der Waals surface area contributed by atoms with Gasteiger partial charge in [-0.2, -0.15) is 13.2 Å². The number of anilines is 1. The zero-order valence-corrected chi connectivity index (χ0v) is 16.0. The minimum Gasteiger partial charge on any atom is -0.467 e. The van der Waals surface area contributed by atoms with Crippen LogP contribution in [0.3, 0.4) is 0 Å². The van der Waals surface area contributed by atoms with Gasteiger partial charge in [0.15, 0.2) is 0 Å². The second-order valence-corrected chi connectivity index (χ2v) is 6.94. The number of halogens is 4. The molecule has 0 spiro atoms. The van der Waals surface area contributed by atoms with Gasteiger partial charge < -0.3 is 14.8 Å². The molecule has 3 aromatic rings. The number of benzene rings is 2. The molecule has 1 heterocycles. The lowest BCUT2D eigenvalue weighted by molar-refractivity contribution is -0.388. The van der Waals surface area contributed by atoms with Crippen molar-refractivity contribution in [2.24, 2.45) is 0 Å². The summed E-state index contributed by atoms with van der Waals surface area (Å²) in [7, 11) is 0. The molecule has 2 unspecified atom stereocenters. The molecule has 2 atom stereocenters. The Bertz CT molecular complexity index is 1010. The van der Waals surface area contributed by atoms with Crippen LogP contribution in [-0.4, -0.2) is 10.0 Å². The predicted molar refractivity (Wildman–Crippen MR) is 104 cm³/mol. The summed E-state index contributed by atoms with van der Waals surface area (Å²) in [5.41, 5.74) is -1.84. The Kier molecular flexibility index (Phi) is 6.33. The SMILES string of the molecule is O=[N+]([O-])c1ccc(NC(CC(O)c2ccc(Cl)cc2)c2ccco2)cc1C(F)(F)F. The fourth-order valence-corrected chi connectivity index (χ4v) is 3.12. The van der Waals surface area contributed by atoms with Crippen LogP contribution in [0, 0.1) is 10.1 Å². The number of furan rings is 1. The van der Waals surface area contributed by atoms with Crippen molar-refractivity contribution in [3.63, 3.8) is 0 Å². The average Bonchev–Trinajstić information content (AvgIpc) is 3.22. The van der Waals surface area contributed by atoms with Crippen LogP contribution in [0.25, 0.3) is 0 Å². The van der Waals surface area contributed by atoms with Gasteiger partial charge in [0.25, 0.3) is 5.69 Å². The van der Waals surface area contributed by atoms with Crippen LogP contribution < -0.4 is 5.32 Å². The van der Waals surface area contributed by atoms with Gasteiger partial charge in [0.1, 0.15) is 11.3 Å². The summed E-state index contributed by atoms with van der Waals surface area (Å²) in [4.78, 5) is 9.86. The lowest BCUT2D eigenvalue weighted by Gasteiger charge is -2.22. The summed E-state index contributed by atoms with van der Waals surface area (Å²) in [5, 5.41) is 24.9. The van der Waals surface area contributed by atoms with E-state index in [-0.39, 0.29) is 12.1 Å². The van der Waals surface area contributed by atoms with Gasteiger partial charge in [-0.25, -0.2) is 0 Å². The molecule has 0 aliphatic heterocycles. The summed E-state index contributed by atoms with van der Waals surface area (Å²) in [6.45, 7) is 0. The largest absolute Gasteiger partial charge is 0.467 e. The van der Waals surface area contributed by atoms with Gasteiger partial charge in [0.05, 0.1) is 23.3 Å². The summed E-state index contributed by atoms with van der Waals surface area (Å²) >= 11 is 5.85. The number of rotatable bonds is 7. The zero-order valence-electron chi connectivity index (χ0n) is 15.3. The Balaban J connectivity index is 1.89. The summed E-state index contributed by atoms with van der Waals surface area (Å²) < 4.78 is 45.1. The van der Waals surface area contributed by atoms with Crippen molar-refractivity contribution in [3.8, 4) is 0 Å². The molecule has 6 nitrogen and oxygen atoms in total. The Labute approximate surface area is 174 Å². The first-order valence-electron chi connectivity index (χ1n) is 8.74. The van der Waals surface area contributed by atoms with E-state index in [9.17, 15) is 28.4 Å². The normalized spacial score (nSPS) is 13.6. The van der Waals surface area contributed by atoms with Gasteiger partial charge in [0, 0.05) is 23.2 Å². The third-order valence-electron chi connectivity index (χ3n) is 4.44. The van der Waals surface area contributed by atoms with E-state index in [1.165, 1.54) is 12.3 Å². The van der Waals surface area contributed by atoms with Crippen LogP contribution >= 0.6 is 11.6 Å². The number of hydrogen-bond donors (Lipinski definition) is 2. The van der Waals surface area contributed by atoms with E-state index >= 15 is 0 Å². The number of alkyl halides is 3. The molecule has 0 aliphatic rings. The monoisotopic (exact) mass is 440 g/mol. The number of aliphatic hydroxyl groups is 1. The third-order valence-corrected chi connectivity index (χ3v) is 4.69. The number of nitrogens with zero attached hydrogens (tertiary/aromatic N) is 1. The molecule has 1 aromatic heterocycles. The number of nitrogens with one attached hydrogen (secondary N) is 1. The molecule has 158 valence electrons. The van der Waals surface area contributed by atoms with Crippen LogP contribution in [0.5, 0.6) is 0 Å². The molecule has 3 rings (SSSR count). The highest BCUT2D eigenvalue weighted by Crippen LogP contribution is 2.39. The highest BCUT2D eigenvalue weighted by molar-refractivity contribution is 6.30. The lowest BCUT2D eigenvalue weighted by Crippen LogP contribution is -2.15. The summed E-state index contributed by atoms with van der Waals surface area (Å²) in [5.74, 6) is 0.384. The second-order valence-electron chi connectivity index (χ2n) is 6.50. The van der Waals surface area contributed by atoms with Gasteiger partial charge >= 0.3 is 6.18 Å². The highest BCUT2D eigenvalue weighted by atomic mass is 35.5. The van der Waals surface area contributed by atoms with Crippen molar-refractivity contribution in [1.82, 2.24) is 0 Å². The maximum atomic E-state index is 13.3. The Hall–Kier alpha value is -3.04. The van der Waals surface area contributed by atoms with Crippen LogP contribution in [0.2, 0.25) is 5.02 Å². The minimum absolute atomic E-state index is 0.00219. The maximum absolute atomic E-state index is 13.3. The van der Waals surface area contributed by atoms with Crippen molar-refractivity contribution in [2.45, 2.75) is 24.7 Å². The first-order chi connectivity index (χ1) is 14.1. The van der Waals surface area contributed by atoms with E-state index in [4.69, 9.17) is 16.0 Å². The van der Waals surface area contributed by atoms with Crippen LogP contribution in [0.15, 0.2) is 65.3 Å². The molecule has 0 amide bonds. The van der Waals surface area contributed by atoms with Crippen LogP contribution in [-0.2, 0) is 6.18 Å². The van der Waals surface area contributed by atoms with E-state index in [0.29, 0.717) is 22.4 Å². The fourth-order valence-electron chi connectivity index (χ4n) is 2.99. The Morgan fingerprint density at radius 1 is 1.17 bits per heavy atom. The van der Waals surface area contributed by atoms with Gasteiger partial charge in [-0.05, 0) is 42.0 Å². The van der Waals surface area contributed by atoms with E-state index in [0.717, 1.165) is 6.07 Å². The molecule has 2 aromatic carbocycles. The Morgan fingerprint density at radius 2 is 1.87 bits per heavy atom. The molecule has 2 N–H and O–H groups in total. The van der Waals surface area contributed by atoms with E-state index in [1.807, 2.05) is 0 Å².